The molecule has 14 heavy (non-hydrogen) atoms. The van der Waals surface area contributed by atoms with Gasteiger partial charge in [-0.15, -0.1) is 0 Å². The highest BCUT2D eigenvalue weighted by molar-refractivity contribution is 5.55. The van der Waals surface area contributed by atoms with E-state index in [2.05, 4.69) is 41.6 Å². The minimum absolute atomic E-state index is 0.302. The monoisotopic (exact) mass is 191 g/mol. The molecule has 1 aliphatic rings. The molecule has 3 N–H and O–H groups in total. The molecule has 0 bridgehead atoms. The Kier molecular flexibility index (Phi) is 2.70. The van der Waals surface area contributed by atoms with Gasteiger partial charge in [0.25, 0.3) is 0 Å². The van der Waals surface area contributed by atoms with Crippen molar-refractivity contribution in [2.75, 3.05) is 18.5 Å². The van der Waals surface area contributed by atoms with E-state index in [0.717, 1.165) is 13.0 Å². The van der Waals surface area contributed by atoms with E-state index in [1.807, 2.05) is 0 Å². The van der Waals surface area contributed by atoms with E-state index in [4.69, 9.17) is 5.84 Å². The summed E-state index contributed by atoms with van der Waals surface area (Å²) in [6.45, 7) is 1.11. The fourth-order valence-corrected chi connectivity index (χ4v) is 2.11. The van der Waals surface area contributed by atoms with Gasteiger partial charge in [0.05, 0.1) is 0 Å². The van der Waals surface area contributed by atoms with Crippen LogP contribution in [0.15, 0.2) is 24.3 Å². The van der Waals surface area contributed by atoms with E-state index < -0.39 is 0 Å². The van der Waals surface area contributed by atoms with Gasteiger partial charge >= 0.3 is 0 Å². The normalized spacial score (nSPS) is 21.6. The molecule has 76 valence electrons. The van der Waals surface area contributed by atoms with Gasteiger partial charge in [-0.25, -0.2) is 0 Å². The van der Waals surface area contributed by atoms with Crippen molar-refractivity contribution in [2.45, 2.75) is 18.9 Å². The van der Waals surface area contributed by atoms with Gasteiger partial charge in [-0.1, -0.05) is 18.2 Å². The molecule has 1 aromatic rings. The topological polar surface area (TPSA) is 41.3 Å². The van der Waals surface area contributed by atoms with Gasteiger partial charge in [-0.3, -0.25) is 11.3 Å². The molecule has 1 unspecified atom stereocenters. The number of benzene rings is 1. The number of hydrazine groups is 1. The predicted molar refractivity (Wildman–Crippen MR) is 59.0 cm³/mol. The van der Waals surface area contributed by atoms with Crippen LogP contribution in [0.3, 0.4) is 0 Å². The van der Waals surface area contributed by atoms with Crippen molar-refractivity contribution in [1.29, 1.82) is 0 Å². The molecule has 1 aliphatic heterocycles. The Labute approximate surface area is 84.9 Å². The first-order chi connectivity index (χ1) is 6.83. The van der Waals surface area contributed by atoms with Crippen LogP contribution in [0.4, 0.5) is 5.69 Å². The Bertz CT molecular complexity index is 311. The average molecular weight is 191 g/mol. The molecule has 0 aromatic heterocycles. The molecule has 3 nitrogen and oxygen atoms in total. The third-order valence-electron chi connectivity index (χ3n) is 2.91. The second kappa shape index (κ2) is 3.98. The number of nitrogens with zero attached hydrogens (tertiary/aromatic N) is 1. The smallest absolute Gasteiger partial charge is 0.0481 e. The molecule has 1 heterocycles. The summed E-state index contributed by atoms with van der Waals surface area (Å²) < 4.78 is 0. The van der Waals surface area contributed by atoms with Gasteiger partial charge in [0.1, 0.15) is 0 Å². The fraction of sp³-hybridized carbons (Fsp3) is 0.455. The van der Waals surface area contributed by atoms with Gasteiger partial charge in [0.2, 0.25) is 0 Å². The number of para-hydroxylation sites is 1. The molecule has 0 radical (unpaired) electrons. The van der Waals surface area contributed by atoms with E-state index in [9.17, 15) is 0 Å². The molecule has 2 rings (SSSR count). The maximum Gasteiger partial charge on any atom is 0.0481 e. The van der Waals surface area contributed by atoms with E-state index in [1.165, 1.54) is 17.7 Å². The number of nitrogens with one attached hydrogen (secondary N) is 1. The molecule has 0 amide bonds. The van der Waals surface area contributed by atoms with Gasteiger partial charge in [-0.05, 0) is 24.5 Å². The van der Waals surface area contributed by atoms with Gasteiger partial charge in [0.15, 0.2) is 0 Å². The SMILES string of the molecule is CN1CCCC(NN)c2ccccc21. The summed E-state index contributed by atoms with van der Waals surface area (Å²) in [5.74, 6) is 5.56. The fourth-order valence-electron chi connectivity index (χ4n) is 2.11. The summed E-state index contributed by atoms with van der Waals surface area (Å²) in [7, 11) is 2.14. The Morgan fingerprint density at radius 2 is 2.21 bits per heavy atom. The zero-order valence-corrected chi connectivity index (χ0v) is 8.53. The number of nitrogens with two attached hydrogens (primary N) is 1. The van der Waals surface area contributed by atoms with Crippen LogP contribution in [-0.4, -0.2) is 13.6 Å². The summed E-state index contributed by atoms with van der Waals surface area (Å²) in [5.41, 5.74) is 5.51. The summed E-state index contributed by atoms with van der Waals surface area (Å²) in [6.07, 6.45) is 2.29. The van der Waals surface area contributed by atoms with Gasteiger partial charge < -0.3 is 4.90 Å². The van der Waals surface area contributed by atoms with Crippen LogP contribution in [0.1, 0.15) is 24.4 Å². The molecule has 1 atom stereocenters. The highest BCUT2D eigenvalue weighted by Gasteiger charge is 2.19. The van der Waals surface area contributed by atoms with Crippen LogP contribution in [0, 0.1) is 0 Å². The van der Waals surface area contributed by atoms with Gasteiger partial charge in [0, 0.05) is 25.3 Å². The third kappa shape index (κ3) is 1.61. The first kappa shape index (κ1) is 9.49. The van der Waals surface area contributed by atoms with Crippen molar-refractivity contribution in [1.82, 2.24) is 5.43 Å². The van der Waals surface area contributed by atoms with Crippen LogP contribution < -0.4 is 16.2 Å². The molecule has 0 aliphatic carbocycles. The van der Waals surface area contributed by atoms with Crippen LogP contribution in [0.5, 0.6) is 0 Å². The zero-order chi connectivity index (χ0) is 9.97. The number of hydrogen-bond acceptors (Lipinski definition) is 3. The first-order valence-electron chi connectivity index (χ1n) is 5.09. The highest BCUT2D eigenvalue weighted by atomic mass is 15.2. The van der Waals surface area contributed by atoms with Crippen molar-refractivity contribution in [3.8, 4) is 0 Å². The first-order valence-corrected chi connectivity index (χ1v) is 5.09. The molecular weight excluding hydrogens is 174 g/mol. The summed E-state index contributed by atoms with van der Waals surface area (Å²) in [6, 6.07) is 8.76. The molecule has 3 heteroatoms. The predicted octanol–water partition coefficient (Wildman–Crippen LogP) is 1.42. The van der Waals surface area contributed by atoms with Crippen molar-refractivity contribution in [2.24, 2.45) is 5.84 Å². The lowest BCUT2D eigenvalue weighted by atomic mass is 10.0. The lowest BCUT2D eigenvalue weighted by Gasteiger charge is -2.20. The largest absolute Gasteiger partial charge is 0.374 e. The lowest BCUT2D eigenvalue weighted by Crippen LogP contribution is -2.27. The maximum absolute atomic E-state index is 5.56. The Hall–Kier alpha value is -1.06. The summed E-state index contributed by atoms with van der Waals surface area (Å²) in [5, 5.41) is 0. The van der Waals surface area contributed by atoms with Crippen molar-refractivity contribution >= 4 is 5.69 Å². The standard InChI is InChI=1S/C11H17N3/c1-14-8-4-6-10(13-12)9-5-2-3-7-11(9)14/h2-3,5,7,10,13H,4,6,8,12H2,1H3. The maximum atomic E-state index is 5.56. The van der Waals surface area contributed by atoms with Crippen molar-refractivity contribution in [3.05, 3.63) is 29.8 Å². The van der Waals surface area contributed by atoms with Crippen LogP contribution >= 0.6 is 0 Å². The van der Waals surface area contributed by atoms with Crippen LogP contribution in [0.2, 0.25) is 0 Å². The second-order valence-corrected chi connectivity index (χ2v) is 3.84. The molecule has 0 spiro atoms. The second-order valence-electron chi connectivity index (χ2n) is 3.84. The molecule has 1 aromatic carbocycles. The van der Waals surface area contributed by atoms with E-state index in [-0.39, 0.29) is 0 Å². The van der Waals surface area contributed by atoms with Crippen molar-refractivity contribution in [3.63, 3.8) is 0 Å². The minimum atomic E-state index is 0.302. The summed E-state index contributed by atoms with van der Waals surface area (Å²) >= 11 is 0. The van der Waals surface area contributed by atoms with E-state index >= 15 is 0 Å². The van der Waals surface area contributed by atoms with Crippen molar-refractivity contribution < 1.29 is 0 Å². The van der Waals surface area contributed by atoms with E-state index in [0.29, 0.717) is 6.04 Å². The summed E-state index contributed by atoms with van der Waals surface area (Å²) in [4.78, 5) is 2.30. The lowest BCUT2D eigenvalue weighted by molar-refractivity contribution is 0.512. The molecule has 0 fully saturated rings. The Balaban J connectivity index is 2.41. The molecule has 0 saturated carbocycles. The van der Waals surface area contributed by atoms with Crippen LogP contribution in [0.25, 0.3) is 0 Å². The Morgan fingerprint density at radius 1 is 1.43 bits per heavy atom. The number of fused-ring (bicyclic) bond motifs is 1. The molecule has 0 saturated heterocycles. The number of hydrogen-bond donors (Lipinski definition) is 2. The van der Waals surface area contributed by atoms with Gasteiger partial charge in [-0.2, -0.15) is 0 Å². The quantitative estimate of drug-likeness (QED) is 0.521. The molecular formula is C11H17N3. The highest BCUT2D eigenvalue weighted by Crippen LogP contribution is 2.31. The Morgan fingerprint density at radius 3 is 3.00 bits per heavy atom. The zero-order valence-electron chi connectivity index (χ0n) is 8.53. The minimum Gasteiger partial charge on any atom is -0.374 e. The average Bonchev–Trinajstić information content (AvgIpc) is 2.39. The number of rotatable bonds is 1. The van der Waals surface area contributed by atoms with Crippen LogP contribution in [-0.2, 0) is 0 Å². The number of anilines is 1. The third-order valence-corrected chi connectivity index (χ3v) is 2.91. The van der Waals surface area contributed by atoms with E-state index in [1.54, 1.807) is 0 Å².